The first-order chi connectivity index (χ1) is 6.25. The minimum Gasteiger partial charge on any atom is -0.390 e. The standard InChI is InChI=1S/C10H15NO2/c1-2-4-9(12)10(13)8-5-3-6-11-7-8/h3,5-7,9-10,12-13H,2,4H2,1H3. The quantitative estimate of drug-likeness (QED) is 0.735. The highest BCUT2D eigenvalue weighted by Gasteiger charge is 2.16. The third-order valence-corrected chi connectivity index (χ3v) is 1.97. The lowest BCUT2D eigenvalue weighted by Gasteiger charge is -2.16. The summed E-state index contributed by atoms with van der Waals surface area (Å²) in [6, 6.07) is 3.51. The third-order valence-electron chi connectivity index (χ3n) is 1.97. The Labute approximate surface area is 78.1 Å². The van der Waals surface area contributed by atoms with Crippen molar-refractivity contribution >= 4 is 0 Å². The third kappa shape index (κ3) is 2.79. The van der Waals surface area contributed by atoms with E-state index in [4.69, 9.17) is 0 Å². The van der Waals surface area contributed by atoms with Crippen molar-refractivity contribution in [3.8, 4) is 0 Å². The fraction of sp³-hybridized carbons (Fsp3) is 0.500. The summed E-state index contributed by atoms with van der Waals surface area (Å²) in [4.78, 5) is 3.88. The molecular formula is C10H15NO2. The maximum atomic E-state index is 9.63. The van der Waals surface area contributed by atoms with Crippen LogP contribution in [-0.4, -0.2) is 21.3 Å². The molecule has 3 heteroatoms. The summed E-state index contributed by atoms with van der Waals surface area (Å²) in [5, 5.41) is 19.1. The number of rotatable bonds is 4. The molecule has 1 rings (SSSR count). The molecule has 1 aromatic rings. The van der Waals surface area contributed by atoms with E-state index in [-0.39, 0.29) is 0 Å². The van der Waals surface area contributed by atoms with E-state index in [1.165, 1.54) is 0 Å². The molecule has 72 valence electrons. The number of aromatic nitrogens is 1. The minimum absolute atomic E-state index is 0.607. The Hall–Kier alpha value is -0.930. The number of nitrogens with zero attached hydrogens (tertiary/aromatic N) is 1. The van der Waals surface area contributed by atoms with Crippen LogP contribution in [0.1, 0.15) is 31.4 Å². The van der Waals surface area contributed by atoms with Crippen LogP contribution in [0.25, 0.3) is 0 Å². The van der Waals surface area contributed by atoms with Gasteiger partial charge < -0.3 is 10.2 Å². The van der Waals surface area contributed by atoms with Crippen LogP contribution in [0.3, 0.4) is 0 Å². The Balaban J connectivity index is 2.62. The Morgan fingerprint density at radius 2 is 2.23 bits per heavy atom. The summed E-state index contributed by atoms with van der Waals surface area (Å²) in [5.74, 6) is 0. The smallest absolute Gasteiger partial charge is 0.106 e. The van der Waals surface area contributed by atoms with Gasteiger partial charge in [0.05, 0.1) is 6.10 Å². The normalized spacial score (nSPS) is 15.3. The van der Waals surface area contributed by atoms with Crippen LogP contribution in [0, 0.1) is 0 Å². The van der Waals surface area contributed by atoms with Gasteiger partial charge in [-0.2, -0.15) is 0 Å². The van der Waals surface area contributed by atoms with E-state index in [9.17, 15) is 10.2 Å². The van der Waals surface area contributed by atoms with Crippen molar-refractivity contribution in [1.29, 1.82) is 0 Å². The number of hydrogen-bond donors (Lipinski definition) is 2. The van der Waals surface area contributed by atoms with E-state index in [2.05, 4.69) is 4.98 Å². The number of aliphatic hydroxyl groups excluding tert-OH is 2. The number of hydrogen-bond acceptors (Lipinski definition) is 3. The van der Waals surface area contributed by atoms with Gasteiger partial charge in [-0.05, 0) is 12.5 Å². The van der Waals surface area contributed by atoms with E-state index in [0.717, 1.165) is 6.42 Å². The van der Waals surface area contributed by atoms with Crippen molar-refractivity contribution in [3.05, 3.63) is 30.1 Å². The SMILES string of the molecule is CCCC(O)C(O)c1cccnc1. The lowest BCUT2D eigenvalue weighted by atomic mass is 10.0. The molecule has 2 atom stereocenters. The zero-order valence-electron chi connectivity index (χ0n) is 7.72. The van der Waals surface area contributed by atoms with Crippen LogP contribution in [-0.2, 0) is 0 Å². The van der Waals surface area contributed by atoms with Gasteiger partial charge in [-0.25, -0.2) is 0 Å². The van der Waals surface area contributed by atoms with E-state index >= 15 is 0 Å². The average Bonchev–Trinajstić information content (AvgIpc) is 2.18. The van der Waals surface area contributed by atoms with Gasteiger partial charge in [0.25, 0.3) is 0 Å². The van der Waals surface area contributed by atoms with E-state index in [0.29, 0.717) is 12.0 Å². The van der Waals surface area contributed by atoms with E-state index in [1.54, 1.807) is 24.5 Å². The molecule has 0 fully saturated rings. The zero-order valence-corrected chi connectivity index (χ0v) is 7.72. The molecule has 1 heterocycles. The summed E-state index contributed by atoms with van der Waals surface area (Å²) in [6.45, 7) is 1.97. The predicted octanol–water partition coefficient (Wildman–Crippen LogP) is 1.28. The number of aliphatic hydroxyl groups is 2. The lowest BCUT2D eigenvalue weighted by Crippen LogP contribution is -2.17. The van der Waals surface area contributed by atoms with Gasteiger partial charge >= 0.3 is 0 Å². The fourth-order valence-corrected chi connectivity index (χ4v) is 1.23. The van der Waals surface area contributed by atoms with Gasteiger partial charge in [-0.3, -0.25) is 4.98 Å². The molecule has 1 aromatic heterocycles. The van der Waals surface area contributed by atoms with E-state index in [1.807, 2.05) is 6.92 Å². The Kier molecular flexibility index (Phi) is 3.86. The summed E-state index contributed by atoms with van der Waals surface area (Å²) in [6.07, 6.45) is 3.18. The van der Waals surface area contributed by atoms with Gasteiger partial charge in [-0.15, -0.1) is 0 Å². The number of pyridine rings is 1. The van der Waals surface area contributed by atoms with Crippen molar-refractivity contribution < 1.29 is 10.2 Å². The highest BCUT2D eigenvalue weighted by molar-refractivity contribution is 5.12. The van der Waals surface area contributed by atoms with Gasteiger partial charge in [0.2, 0.25) is 0 Å². The molecule has 0 saturated carbocycles. The molecule has 0 saturated heterocycles. The fourth-order valence-electron chi connectivity index (χ4n) is 1.23. The zero-order chi connectivity index (χ0) is 9.68. The molecular weight excluding hydrogens is 166 g/mol. The molecule has 0 aliphatic rings. The molecule has 0 aliphatic carbocycles. The predicted molar refractivity (Wildman–Crippen MR) is 50.1 cm³/mol. The summed E-state index contributed by atoms with van der Waals surface area (Å²) in [5.41, 5.74) is 0.670. The maximum Gasteiger partial charge on any atom is 0.106 e. The van der Waals surface area contributed by atoms with Gasteiger partial charge in [0.15, 0.2) is 0 Å². The van der Waals surface area contributed by atoms with Gasteiger partial charge in [0.1, 0.15) is 6.10 Å². The largest absolute Gasteiger partial charge is 0.390 e. The second-order valence-electron chi connectivity index (χ2n) is 3.09. The first kappa shape index (κ1) is 10.2. The molecule has 0 aromatic carbocycles. The van der Waals surface area contributed by atoms with Crippen molar-refractivity contribution in [2.45, 2.75) is 32.0 Å². The summed E-state index contributed by atoms with van der Waals surface area (Å²) >= 11 is 0. The van der Waals surface area contributed by atoms with Crippen LogP contribution in [0.2, 0.25) is 0 Å². The van der Waals surface area contributed by atoms with Crippen molar-refractivity contribution in [2.24, 2.45) is 0 Å². The van der Waals surface area contributed by atoms with Gasteiger partial charge in [0, 0.05) is 18.0 Å². The summed E-state index contributed by atoms with van der Waals surface area (Å²) in [7, 11) is 0. The van der Waals surface area contributed by atoms with Crippen LogP contribution >= 0.6 is 0 Å². The van der Waals surface area contributed by atoms with Gasteiger partial charge in [-0.1, -0.05) is 19.4 Å². The highest BCUT2D eigenvalue weighted by Crippen LogP contribution is 2.18. The molecule has 0 aliphatic heterocycles. The van der Waals surface area contributed by atoms with Crippen LogP contribution < -0.4 is 0 Å². The highest BCUT2D eigenvalue weighted by atomic mass is 16.3. The minimum atomic E-state index is -0.811. The van der Waals surface area contributed by atoms with Crippen molar-refractivity contribution in [2.75, 3.05) is 0 Å². The molecule has 0 bridgehead atoms. The summed E-state index contributed by atoms with van der Waals surface area (Å²) < 4.78 is 0. The second kappa shape index (κ2) is 4.94. The molecule has 13 heavy (non-hydrogen) atoms. The topological polar surface area (TPSA) is 53.4 Å². The maximum absolute atomic E-state index is 9.63. The Morgan fingerprint density at radius 1 is 1.46 bits per heavy atom. The Bertz CT molecular complexity index is 238. The Morgan fingerprint density at radius 3 is 2.77 bits per heavy atom. The molecule has 2 N–H and O–H groups in total. The molecule has 0 amide bonds. The monoisotopic (exact) mass is 181 g/mol. The lowest BCUT2D eigenvalue weighted by molar-refractivity contribution is 0.0129. The van der Waals surface area contributed by atoms with Crippen LogP contribution in [0.15, 0.2) is 24.5 Å². The molecule has 3 nitrogen and oxygen atoms in total. The van der Waals surface area contributed by atoms with Crippen LogP contribution in [0.5, 0.6) is 0 Å². The molecule has 2 unspecified atom stereocenters. The molecule has 0 radical (unpaired) electrons. The van der Waals surface area contributed by atoms with Crippen LogP contribution in [0.4, 0.5) is 0 Å². The second-order valence-corrected chi connectivity index (χ2v) is 3.09. The van der Waals surface area contributed by atoms with Crippen molar-refractivity contribution in [1.82, 2.24) is 4.98 Å². The first-order valence-electron chi connectivity index (χ1n) is 4.51. The van der Waals surface area contributed by atoms with E-state index < -0.39 is 12.2 Å². The van der Waals surface area contributed by atoms with Crippen molar-refractivity contribution in [3.63, 3.8) is 0 Å². The average molecular weight is 181 g/mol. The molecule has 0 spiro atoms. The first-order valence-corrected chi connectivity index (χ1v) is 4.51.